The molecule has 4 N–H and O–H groups in total. The number of carbonyl (C=O) groups is 3. The van der Waals surface area contributed by atoms with Gasteiger partial charge in [0.15, 0.2) is 0 Å². The lowest BCUT2D eigenvalue weighted by molar-refractivity contribution is -0.383. The zero-order valence-electron chi connectivity index (χ0n) is 31.9. The molecule has 0 amide bonds. The molecule has 1 aromatic heterocycles. The highest BCUT2D eigenvalue weighted by molar-refractivity contribution is 5.87. The zero-order valence-corrected chi connectivity index (χ0v) is 31.9. The van der Waals surface area contributed by atoms with Gasteiger partial charge < -0.3 is 48.7 Å². The molecule has 54 heavy (non-hydrogen) atoms. The van der Waals surface area contributed by atoms with E-state index >= 15 is 0 Å². The third kappa shape index (κ3) is 7.89. The van der Waals surface area contributed by atoms with E-state index < -0.39 is 77.9 Å². The lowest BCUT2D eigenvalue weighted by Gasteiger charge is -2.53. The number of aromatic amines is 1. The average Bonchev–Trinajstić information content (AvgIpc) is 3.79. The Labute approximate surface area is 316 Å². The van der Waals surface area contributed by atoms with E-state index in [1.807, 2.05) is 39.8 Å². The number of ether oxygens (including phenoxy) is 6. The van der Waals surface area contributed by atoms with E-state index in [1.165, 1.54) is 6.08 Å². The fourth-order valence-corrected chi connectivity index (χ4v) is 8.24. The van der Waals surface area contributed by atoms with Gasteiger partial charge in [-0.2, -0.15) is 0 Å². The van der Waals surface area contributed by atoms with Gasteiger partial charge in [-0.3, -0.25) is 9.59 Å². The van der Waals surface area contributed by atoms with Crippen molar-refractivity contribution < 1.29 is 58.1 Å². The molecule has 5 aliphatic rings. The fourth-order valence-electron chi connectivity index (χ4n) is 8.24. The Morgan fingerprint density at radius 2 is 1.93 bits per heavy atom. The maximum atomic E-state index is 14.5. The van der Waals surface area contributed by atoms with Gasteiger partial charge in [-0.05, 0) is 62.3 Å². The largest absolute Gasteiger partial charge is 0.462 e. The maximum absolute atomic E-state index is 14.5. The van der Waals surface area contributed by atoms with Crippen LogP contribution in [-0.4, -0.2) is 106 Å². The number of allylic oxidation sites excluding steroid dienone is 4. The van der Waals surface area contributed by atoms with E-state index in [-0.39, 0.29) is 55.1 Å². The Morgan fingerprint density at radius 3 is 2.65 bits per heavy atom. The van der Waals surface area contributed by atoms with E-state index in [0.29, 0.717) is 18.4 Å². The zero-order chi connectivity index (χ0) is 38.9. The summed E-state index contributed by atoms with van der Waals surface area (Å²) in [5, 5.41) is 35.9. The number of fused-ring (bicyclic) bond motifs is 2. The van der Waals surface area contributed by atoms with Crippen LogP contribution in [0.2, 0.25) is 0 Å². The first-order valence-electron chi connectivity index (χ1n) is 19.2. The standard InChI is InChI=1S/C41H55NO12/c1-7-24(4)37(45)52-34-25(5)26(6)53-40(35(34)44)19-30-18-29(54-40)14-13-23(3)16-22(2)10-8-11-28-21-49-36-33(43)27(17-31(38(46)51-30)41(28,36)48)20-50-39(47)32-12-9-15-42-32/h8-13,15,17,22,24-26,29-31,33-36,42-44,48H,7,14,16,18-21H2,1-6H3/t22-,24?,25+,26+,29+,30-,31-,33+,34-,35+,36+,40+,41+/m0/s1. The molecule has 0 saturated carbocycles. The van der Waals surface area contributed by atoms with Crippen LogP contribution >= 0.6 is 0 Å². The first-order chi connectivity index (χ1) is 25.7. The molecule has 6 rings (SSSR count). The second-order valence-electron chi connectivity index (χ2n) is 15.8. The Balaban J connectivity index is 1.36. The summed E-state index contributed by atoms with van der Waals surface area (Å²) in [5.74, 6) is -5.56. The monoisotopic (exact) mass is 753 g/mol. The van der Waals surface area contributed by atoms with Crippen LogP contribution in [-0.2, 0) is 38.0 Å². The number of aromatic nitrogens is 1. The molecule has 5 heterocycles. The molecule has 296 valence electrons. The van der Waals surface area contributed by atoms with Crippen LogP contribution in [0.5, 0.6) is 0 Å². The molecular formula is C41H55NO12. The van der Waals surface area contributed by atoms with Gasteiger partial charge in [0.05, 0.1) is 24.7 Å². The molecule has 13 atom stereocenters. The minimum absolute atomic E-state index is 0.0572. The number of aliphatic hydroxyl groups is 3. The normalized spacial score (nSPS) is 39.1. The van der Waals surface area contributed by atoms with Gasteiger partial charge in [-0.1, -0.05) is 63.6 Å². The first-order valence-corrected chi connectivity index (χ1v) is 19.2. The lowest BCUT2D eigenvalue weighted by atomic mass is 9.70. The van der Waals surface area contributed by atoms with Crippen LogP contribution in [0.1, 0.15) is 84.1 Å². The molecule has 1 aliphatic carbocycles. The maximum Gasteiger partial charge on any atom is 0.355 e. The summed E-state index contributed by atoms with van der Waals surface area (Å²) in [5.41, 5.74) is -0.106. The molecule has 1 spiro atoms. The molecule has 13 nitrogen and oxygen atoms in total. The predicted molar refractivity (Wildman–Crippen MR) is 194 cm³/mol. The number of carbonyl (C=O) groups excluding carboxylic acids is 3. The lowest BCUT2D eigenvalue weighted by Crippen LogP contribution is -2.67. The first kappa shape index (κ1) is 40.1. The minimum Gasteiger partial charge on any atom is -0.462 e. The molecule has 3 saturated heterocycles. The number of rotatable bonds is 6. The van der Waals surface area contributed by atoms with Gasteiger partial charge in [0.2, 0.25) is 5.79 Å². The highest BCUT2D eigenvalue weighted by Crippen LogP contribution is 2.48. The van der Waals surface area contributed by atoms with Crippen molar-refractivity contribution in [2.24, 2.45) is 23.7 Å². The molecule has 1 unspecified atom stereocenters. The fraction of sp³-hybridized carbons (Fsp3) is 0.634. The average molecular weight is 754 g/mol. The Morgan fingerprint density at radius 1 is 1.15 bits per heavy atom. The smallest absolute Gasteiger partial charge is 0.355 e. The Kier molecular flexibility index (Phi) is 12.1. The van der Waals surface area contributed by atoms with Crippen molar-refractivity contribution in [3.05, 3.63) is 71.1 Å². The quantitative estimate of drug-likeness (QED) is 0.185. The SMILES string of the molecule is CCC(C)C(=O)O[C@H]1[C@H](C)[C@@H](C)O[C@@]2(C[C@@H]3C[C@@H](CC=C(C)C[C@@H](C)C=CC=C4CO[C@@H]5[C@H](O)C(COC(=O)c6ccc[nH]6)=C[C@@H](C(=O)O3)[C@]45O)O2)[C@@H]1O. The second-order valence-corrected chi connectivity index (χ2v) is 15.8. The van der Waals surface area contributed by atoms with E-state index in [0.717, 1.165) is 12.0 Å². The van der Waals surface area contributed by atoms with Crippen molar-refractivity contribution in [3.8, 4) is 0 Å². The van der Waals surface area contributed by atoms with Crippen LogP contribution in [0.15, 0.2) is 65.4 Å². The summed E-state index contributed by atoms with van der Waals surface area (Å²) in [6, 6.07) is 3.20. The van der Waals surface area contributed by atoms with Gasteiger partial charge in [-0.15, -0.1) is 0 Å². The molecule has 0 aromatic carbocycles. The summed E-state index contributed by atoms with van der Waals surface area (Å²) in [6.07, 6.45) is 5.61. The number of H-pyrrole nitrogens is 1. The number of hydrogen-bond acceptors (Lipinski definition) is 12. The van der Waals surface area contributed by atoms with E-state index in [2.05, 4.69) is 18.0 Å². The summed E-state index contributed by atoms with van der Waals surface area (Å²) >= 11 is 0. The predicted octanol–water partition coefficient (Wildman–Crippen LogP) is 4.24. The highest BCUT2D eigenvalue weighted by atomic mass is 16.7. The summed E-state index contributed by atoms with van der Waals surface area (Å²) in [4.78, 5) is 43.0. The second kappa shape index (κ2) is 16.3. The third-order valence-electron chi connectivity index (χ3n) is 11.8. The van der Waals surface area contributed by atoms with Crippen LogP contribution in [0.25, 0.3) is 0 Å². The van der Waals surface area contributed by atoms with Crippen LogP contribution in [0, 0.1) is 23.7 Å². The van der Waals surface area contributed by atoms with E-state index in [1.54, 1.807) is 31.3 Å². The van der Waals surface area contributed by atoms with Gasteiger partial charge in [0.1, 0.15) is 54.3 Å². The van der Waals surface area contributed by atoms with Crippen molar-refractivity contribution in [3.63, 3.8) is 0 Å². The number of nitrogens with one attached hydrogen (secondary N) is 1. The molecule has 4 aliphatic heterocycles. The molecule has 3 fully saturated rings. The third-order valence-corrected chi connectivity index (χ3v) is 11.8. The van der Waals surface area contributed by atoms with E-state index in [4.69, 9.17) is 28.4 Å². The minimum atomic E-state index is -1.99. The van der Waals surface area contributed by atoms with Crippen LogP contribution in [0.3, 0.4) is 0 Å². The number of aliphatic hydroxyl groups excluding tert-OH is 2. The number of esters is 3. The van der Waals surface area contributed by atoms with E-state index in [9.17, 15) is 29.7 Å². The summed E-state index contributed by atoms with van der Waals surface area (Å²) < 4.78 is 36.8. The molecule has 2 bridgehead atoms. The van der Waals surface area contributed by atoms with Crippen molar-refractivity contribution in [2.45, 2.75) is 128 Å². The Hall–Kier alpha value is -3.59. The van der Waals surface area contributed by atoms with Crippen molar-refractivity contribution in [1.82, 2.24) is 4.98 Å². The number of hydrogen-bond donors (Lipinski definition) is 4. The molecule has 13 heteroatoms. The van der Waals surface area contributed by atoms with Crippen LogP contribution in [0.4, 0.5) is 0 Å². The molecule has 1 aromatic rings. The topological polar surface area (TPSA) is 183 Å². The molecule has 0 radical (unpaired) electrons. The molecular weight excluding hydrogens is 698 g/mol. The van der Waals surface area contributed by atoms with Crippen molar-refractivity contribution >= 4 is 17.9 Å². The van der Waals surface area contributed by atoms with Crippen molar-refractivity contribution in [2.75, 3.05) is 13.2 Å². The Bertz CT molecular complexity index is 1660. The van der Waals surface area contributed by atoms with Gasteiger partial charge in [0, 0.05) is 25.0 Å². The van der Waals surface area contributed by atoms with Gasteiger partial charge in [-0.25, -0.2) is 4.79 Å². The summed E-state index contributed by atoms with van der Waals surface area (Å²) in [6.45, 7) is 11.0. The van der Waals surface area contributed by atoms with Gasteiger partial charge >= 0.3 is 17.9 Å². The summed E-state index contributed by atoms with van der Waals surface area (Å²) in [7, 11) is 0. The van der Waals surface area contributed by atoms with Crippen LogP contribution < -0.4 is 0 Å². The van der Waals surface area contributed by atoms with Gasteiger partial charge in [0.25, 0.3) is 0 Å². The highest BCUT2D eigenvalue weighted by Gasteiger charge is 2.62. The van der Waals surface area contributed by atoms with Crippen molar-refractivity contribution in [1.29, 1.82) is 0 Å².